The second-order valence-electron chi connectivity index (χ2n) is 6.30. The van der Waals surface area contributed by atoms with Crippen LogP contribution in [-0.2, 0) is 4.74 Å². The molecule has 1 atom stereocenters. The summed E-state index contributed by atoms with van der Waals surface area (Å²) in [6.07, 6.45) is 2.79. The number of anilines is 1. The molecule has 27 heavy (non-hydrogen) atoms. The lowest BCUT2D eigenvalue weighted by molar-refractivity contribution is 0.0476. The van der Waals surface area contributed by atoms with Gasteiger partial charge in [-0.1, -0.05) is 11.6 Å². The highest BCUT2D eigenvalue weighted by Crippen LogP contribution is 2.38. The molecule has 4 heterocycles. The largest absolute Gasteiger partial charge is 0.419 e. The van der Waals surface area contributed by atoms with Crippen molar-refractivity contribution >= 4 is 29.4 Å². The number of piperazine rings is 1. The Labute approximate surface area is 160 Å². The average Bonchev–Trinajstić information content (AvgIpc) is 2.95. The van der Waals surface area contributed by atoms with Crippen molar-refractivity contribution in [1.29, 1.82) is 0 Å². The number of rotatable bonds is 2. The summed E-state index contributed by atoms with van der Waals surface area (Å²) < 4.78 is 5.68. The lowest BCUT2D eigenvalue weighted by Gasteiger charge is -2.33. The summed E-state index contributed by atoms with van der Waals surface area (Å²) >= 11 is 6.23. The quantitative estimate of drug-likeness (QED) is 0.771. The van der Waals surface area contributed by atoms with Crippen LogP contribution in [0, 0.1) is 0 Å². The van der Waals surface area contributed by atoms with E-state index in [1.807, 2.05) is 7.05 Å². The van der Waals surface area contributed by atoms with Gasteiger partial charge in [0.05, 0.1) is 5.02 Å². The Morgan fingerprint density at radius 2 is 1.89 bits per heavy atom. The van der Waals surface area contributed by atoms with Crippen molar-refractivity contribution in [2.24, 2.45) is 0 Å². The summed E-state index contributed by atoms with van der Waals surface area (Å²) in [5.41, 5.74) is 0.391. The number of pyridine rings is 1. The molecule has 2 aromatic heterocycles. The summed E-state index contributed by atoms with van der Waals surface area (Å²) in [5.74, 6) is -0.268. The molecule has 9 nitrogen and oxygen atoms in total. The summed E-state index contributed by atoms with van der Waals surface area (Å²) in [5, 5.41) is 0.263. The number of ether oxygens (including phenoxy) is 1. The van der Waals surface area contributed by atoms with Crippen molar-refractivity contribution in [3.8, 4) is 0 Å². The highest BCUT2D eigenvalue weighted by molar-refractivity contribution is 6.33. The monoisotopic (exact) mass is 388 g/mol. The van der Waals surface area contributed by atoms with Crippen LogP contribution in [-0.4, -0.2) is 70.0 Å². The topological polar surface area (TPSA) is 91.8 Å². The molecule has 1 saturated heterocycles. The fourth-order valence-corrected chi connectivity index (χ4v) is 3.28. The summed E-state index contributed by atoms with van der Waals surface area (Å²) in [7, 11) is 1.99. The van der Waals surface area contributed by atoms with Crippen LogP contribution >= 0.6 is 11.6 Å². The number of carbonyl (C=O) groups is 2. The van der Waals surface area contributed by atoms with E-state index in [2.05, 4.69) is 19.9 Å². The van der Waals surface area contributed by atoms with Crippen LogP contribution in [0.4, 0.5) is 10.6 Å². The second-order valence-corrected chi connectivity index (χ2v) is 6.71. The minimum Gasteiger partial charge on any atom is -0.419 e. The van der Waals surface area contributed by atoms with Crippen LogP contribution in [0.3, 0.4) is 0 Å². The van der Waals surface area contributed by atoms with Crippen LogP contribution in [0.2, 0.25) is 5.02 Å². The number of fused-ring (bicyclic) bond motifs is 1. The Bertz CT molecular complexity index is 886. The zero-order valence-corrected chi connectivity index (χ0v) is 15.3. The molecular formula is C17H17ClN6O3. The van der Waals surface area contributed by atoms with Gasteiger partial charge in [-0.05, 0) is 19.2 Å². The molecule has 2 aromatic rings. The summed E-state index contributed by atoms with van der Waals surface area (Å²) in [4.78, 5) is 43.0. The molecular weight excluding hydrogens is 372 g/mol. The minimum absolute atomic E-state index is 0.121. The highest BCUT2D eigenvalue weighted by Gasteiger charge is 2.45. The number of carbonyl (C=O) groups excluding carboxylic acids is 2. The van der Waals surface area contributed by atoms with Crippen LogP contribution in [0.1, 0.15) is 22.4 Å². The van der Waals surface area contributed by atoms with Crippen LogP contribution in [0.15, 0.2) is 30.7 Å². The summed E-state index contributed by atoms with van der Waals surface area (Å²) in [6, 6.07) is 3.27. The van der Waals surface area contributed by atoms with E-state index in [1.165, 1.54) is 23.5 Å². The fraction of sp³-hybridized carbons (Fsp3) is 0.353. The van der Waals surface area contributed by atoms with E-state index in [1.54, 1.807) is 17.0 Å². The molecule has 2 aliphatic heterocycles. The SMILES string of the molecule is CN1CCN(C(=O)O[C@H]2c3nccnc3C(=O)N2c2ncccc2Cl)CC1. The van der Waals surface area contributed by atoms with Crippen molar-refractivity contribution in [3.05, 3.63) is 47.1 Å². The Hall–Kier alpha value is -2.78. The van der Waals surface area contributed by atoms with Gasteiger partial charge in [0.15, 0.2) is 11.5 Å². The van der Waals surface area contributed by atoms with Crippen LogP contribution in [0.5, 0.6) is 0 Å². The molecule has 0 unspecified atom stereocenters. The minimum atomic E-state index is -1.07. The van der Waals surface area contributed by atoms with E-state index in [0.29, 0.717) is 13.1 Å². The number of aromatic nitrogens is 3. The van der Waals surface area contributed by atoms with E-state index in [4.69, 9.17) is 16.3 Å². The molecule has 0 spiro atoms. The first-order valence-electron chi connectivity index (χ1n) is 8.45. The smallest absolute Gasteiger partial charge is 0.412 e. The van der Waals surface area contributed by atoms with E-state index >= 15 is 0 Å². The van der Waals surface area contributed by atoms with Gasteiger partial charge >= 0.3 is 6.09 Å². The van der Waals surface area contributed by atoms with Crippen molar-refractivity contribution in [1.82, 2.24) is 24.8 Å². The maximum absolute atomic E-state index is 12.9. The Morgan fingerprint density at radius 1 is 1.15 bits per heavy atom. The zero-order chi connectivity index (χ0) is 19.0. The van der Waals surface area contributed by atoms with Gasteiger partial charge in [-0.3, -0.25) is 9.78 Å². The van der Waals surface area contributed by atoms with Gasteiger partial charge < -0.3 is 14.5 Å². The fourth-order valence-electron chi connectivity index (χ4n) is 3.07. The first-order chi connectivity index (χ1) is 13.1. The normalized spacial score (nSPS) is 19.9. The van der Waals surface area contributed by atoms with Crippen LogP contribution in [0.25, 0.3) is 0 Å². The predicted molar refractivity (Wildman–Crippen MR) is 96.4 cm³/mol. The van der Waals surface area contributed by atoms with Gasteiger partial charge in [0.2, 0.25) is 6.23 Å². The number of hydrogen-bond acceptors (Lipinski definition) is 7. The maximum atomic E-state index is 12.9. The first-order valence-corrected chi connectivity index (χ1v) is 8.83. The number of halogens is 1. The van der Waals surface area contributed by atoms with Crippen LogP contribution < -0.4 is 4.90 Å². The van der Waals surface area contributed by atoms with Gasteiger partial charge in [-0.25, -0.2) is 19.7 Å². The number of hydrogen-bond donors (Lipinski definition) is 0. The van der Waals surface area contributed by atoms with Crippen molar-refractivity contribution in [3.63, 3.8) is 0 Å². The number of amides is 2. The van der Waals surface area contributed by atoms with Gasteiger partial charge in [-0.15, -0.1) is 0 Å². The van der Waals surface area contributed by atoms with E-state index in [9.17, 15) is 9.59 Å². The van der Waals surface area contributed by atoms with E-state index in [-0.39, 0.29) is 22.2 Å². The lowest BCUT2D eigenvalue weighted by atomic mass is 10.3. The first kappa shape index (κ1) is 17.6. The van der Waals surface area contributed by atoms with Gasteiger partial charge in [0.1, 0.15) is 5.69 Å². The maximum Gasteiger partial charge on any atom is 0.412 e. The predicted octanol–water partition coefficient (Wildman–Crippen LogP) is 1.57. The molecule has 0 radical (unpaired) electrons. The van der Waals surface area contributed by atoms with Crippen molar-refractivity contribution < 1.29 is 14.3 Å². The Kier molecular flexibility index (Phi) is 4.63. The zero-order valence-electron chi connectivity index (χ0n) is 14.6. The Morgan fingerprint density at radius 3 is 2.63 bits per heavy atom. The number of nitrogens with zero attached hydrogens (tertiary/aromatic N) is 6. The molecule has 0 N–H and O–H groups in total. The molecule has 2 amide bonds. The van der Waals surface area contributed by atoms with Crippen molar-refractivity contribution in [2.75, 3.05) is 38.1 Å². The highest BCUT2D eigenvalue weighted by atomic mass is 35.5. The molecule has 140 valence electrons. The molecule has 0 aromatic carbocycles. The summed E-state index contributed by atoms with van der Waals surface area (Å²) in [6.45, 7) is 2.61. The third-order valence-electron chi connectivity index (χ3n) is 4.56. The Balaban J connectivity index is 1.66. The lowest BCUT2D eigenvalue weighted by Crippen LogP contribution is -2.48. The molecule has 4 rings (SSSR count). The third-order valence-corrected chi connectivity index (χ3v) is 4.85. The standard InChI is InChI=1S/C17H17ClN6O3/c1-22-7-9-23(10-8-22)17(26)27-16-13-12(19-5-6-20-13)15(25)24(16)14-11(18)3-2-4-21-14/h2-6,16H,7-10H2,1H3/t16-/m0/s1. The molecule has 2 aliphatic rings. The van der Waals surface area contributed by atoms with Gasteiger partial charge in [0, 0.05) is 44.8 Å². The molecule has 0 bridgehead atoms. The molecule has 0 aliphatic carbocycles. The van der Waals surface area contributed by atoms with E-state index in [0.717, 1.165) is 13.1 Å². The van der Waals surface area contributed by atoms with Crippen molar-refractivity contribution in [2.45, 2.75) is 6.23 Å². The van der Waals surface area contributed by atoms with Gasteiger partial charge in [0.25, 0.3) is 5.91 Å². The second kappa shape index (κ2) is 7.09. The molecule has 10 heteroatoms. The molecule has 0 saturated carbocycles. The van der Waals surface area contributed by atoms with Gasteiger partial charge in [-0.2, -0.15) is 0 Å². The average molecular weight is 389 g/mol. The number of likely N-dealkylation sites (N-methyl/N-ethyl adjacent to an activating group) is 1. The third kappa shape index (κ3) is 3.19. The van der Waals surface area contributed by atoms with E-state index < -0.39 is 18.2 Å². The molecule has 1 fully saturated rings.